The monoisotopic (exact) mass is 845 g/mol. The molecule has 0 aliphatic carbocycles. The summed E-state index contributed by atoms with van der Waals surface area (Å²) in [4.78, 5) is 25.0. The molecule has 8 nitrogen and oxygen atoms in total. The molecule has 0 aromatic carbocycles. The van der Waals surface area contributed by atoms with Crippen LogP contribution < -0.4 is 10.2 Å². The molecule has 0 bridgehead atoms. The quantitative estimate of drug-likeness (QED) is 0.0359. The third-order valence-corrected chi connectivity index (χ3v) is 12.8. The Morgan fingerprint density at radius 2 is 0.845 bits per heavy atom. The summed E-state index contributed by atoms with van der Waals surface area (Å²) in [5, 5.41) is 13.6. The first-order valence-electron chi connectivity index (χ1n) is 25.4. The van der Waals surface area contributed by atoms with Crippen molar-refractivity contribution in [2.45, 2.75) is 270 Å². The van der Waals surface area contributed by atoms with Gasteiger partial charge in [0.05, 0.1) is 39.9 Å². The lowest BCUT2D eigenvalue weighted by molar-refractivity contribution is -0.870. The third kappa shape index (κ3) is 43.6. The molecule has 0 radical (unpaired) electrons. The molecule has 0 aromatic rings. The Morgan fingerprint density at radius 3 is 1.17 bits per heavy atom. The minimum atomic E-state index is -4.54. The van der Waals surface area contributed by atoms with E-state index in [9.17, 15) is 19.4 Å². The fraction of sp³-hybridized carbons (Fsp3) is 0.980. The molecule has 0 aliphatic heterocycles. The van der Waals surface area contributed by atoms with Gasteiger partial charge >= 0.3 is 0 Å². The van der Waals surface area contributed by atoms with Gasteiger partial charge in [-0.05, 0) is 12.8 Å². The lowest BCUT2D eigenvalue weighted by Crippen LogP contribution is -2.46. The molecule has 2 N–H and O–H groups in total. The van der Waals surface area contributed by atoms with Crippen molar-refractivity contribution in [1.82, 2.24) is 5.32 Å². The number of hydrogen-bond acceptors (Lipinski definition) is 6. The van der Waals surface area contributed by atoms with Crippen molar-refractivity contribution in [2.75, 3.05) is 40.9 Å². The third-order valence-electron chi connectivity index (χ3n) is 11.8. The van der Waals surface area contributed by atoms with Gasteiger partial charge in [0, 0.05) is 6.42 Å². The molecule has 0 rings (SSSR count). The Bertz CT molecular complexity index is 916. The highest BCUT2D eigenvalue weighted by Crippen LogP contribution is 2.38. The van der Waals surface area contributed by atoms with Gasteiger partial charge in [-0.1, -0.05) is 239 Å². The average molecular weight is 845 g/mol. The number of hydrogen-bond donors (Lipinski definition) is 2. The molecular formula is C49H101N2O6P. The van der Waals surface area contributed by atoms with Crippen LogP contribution in [0.25, 0.3) is 0 Å². The molecule has 3 atom stereocenters. The Hall–Kier alpha value is -0.500. The molecule has 0 spiro atoms. The fourth-order valence-electron chi connectivity index (χ4n) is 7.81. The number of carbonyl (C=O) groups is 1. The highest BCUT2D eigenvalue weighted by Gasteiger charge is 2.24. The number of aliphatic hydroxyl groups is 1. The van der Waals surface area contributed by atoms with Crippen LogP contribution >= 0.6 is 7.82 Å². The van der Waals surface area contributed by atoms with Gasteiger partial charge < -0.3 is 28.8 Å². The van der Waals surface area contributed by atoms with Crippen LogP contribution in [-0.4, -0.2) is 68.5 Å². The lowest BCUT2D eigenvalue weighted by Gasteiger charge is -2.30. The zero-order chi connectivity index (χ0) is 42.8. The molecule has 0 aliphatic rings. The zero-order valence-corrected chi connectivity index (χ0v) is 40.4. The van der Waals surface area contributed by atoms with Gasteiger partial charge in [-0.15, -0.1) is 0 Å². The smallest absolute Gasteiger partial charge is 0.268 e. The fourth-order valence-corrected chi connectivity index (χ4v) is 8.53. The molecule has 0 saturated carbocycles. The summed E-state index contributed by atoms with van der Waals surface area (Å²) in [6, 6.07) is -0.790. The van der Waals surface area contributed by atoms with Gasteiger partial charge in [0.15, 0.2) is 0 Å². The lowest BCUT2D eigenvalue weighted by atomic mass is 10.0. The number of likely N-dealkylation sites (N-methyl/N-ethyl adjacent to an activating group) is 1. The van der Waals surface area contributed by atoms with E-state index in [0.29, 0.717) is 23.9 Å². The first kappa shape index (κ1) is 57.5. The predicted molar refractivity (Wildman–Crippen MR) is 247 cm³/mol. The largest absolute Gasteiger partial charge is 0.756 e. The summed E-state index contributed by atoms with van der Waals surface area (Å²) < 4.78 is 23.0. The van der Waals surface area contributed by atoms with E-state index in [1.807, 2.05) is 21.1 Å². The number of rotatable bonds is 47. The standard InChI is InChI=1S/C49H101N2O6P/c1-6-8-10-11-12-13-14-15-16-17-18-19-20-21-22-23-24-25-26-27-28-29-30-31-32-33-34-35-36-37-38-39-41-43-49(53)50-47(48(52)42-40-9-7-2)46-57-58(54,55)56-45-44-51(3,4)5/h47-48,52H,6-46H2,1-5H3,(H-,50,53,54,55). The molecule has 348 valence electrons. The summed E-state index contributed by atoms with van der Waals surface area (Å²) >= 11 is 0. The van der Waals surface area contributed by atoms with E-state index in [0.717, 1.165) is 38.5 Å². The van der Waals surface area contributed by atoms with Crippen LogP contribution in [0.1, 0.15) is 258 Å². The highest BCUT2D eigenvalue weighted by molar-refractivity contribution is 7.45. The Labute approximate surface area is 361 Å². The molecule has 0 fully saturated rings. The maximum absolute atomic E-state index is 12.7. The summed E-state index contributed by atoms with van der Waals surface area (Å²) in [7, 11) is 1.31. The number of unbranched alkanes of at least 4 members (excludes halogenated alkanes) is 34. The summed E-state index contributed by atoms with van der Waals surface area (Å²) in [6.07, 6.45) is 48.2. The Morgan fingerprint density at radius 1 is 0.534 bits per heavy atom. The first-order chi connectivity index (χ1) is 28.0. The normalized spacial score (nSPS) is 14.1. The molecule has 58 heavy (non-hydrogen) atoms. The Kier molecular flexibility index (Phi) is 41.5. The van der Waals surface area contributed by atoms with Crippen LogP contribution in [-0.2, 0) is 18.4 Å². The van der Waals surface area contributed by atoms with Crippen molar-refractivity contribution >= 4 is 13.7 Å². The second-order valence-electron chi connectivity index (χ2n) is 18.9. The number of aliphatic hydroxyl groups excluding tert-OH is 1. The topological polar surface area (TPSA) is 108 Å². The van der Waals surface area contributed by atoms with Crippen LogP contribution in [0.3, 0.4) is 0 Å². The van der Waals surface area contributed by atoms with Crippen LogP contribution in [0, 0.1) is 0 Å². The predicted octanol–water partition coefficient (Wildman–Crippen LogP) is 13.9. The van der Waals surface area contributed by atoms with E-state index in [-0.39, 0.29) is 19.1 Å². The van der Waals surface area contributed by atoms with Gasteiger partial charge in [0.1, 0.15) is 13.2 Å². The van der Waals surface area contributed by atoms with Crippen LogP contribution in [0.5, 0.6) is 0 Å². The van der Waals surface area contributed by atoms with Crippen molar-refractivity contribution < 1.29 is 32.9 Å². The van der Waals surface area contributed by atoms with Crippen molar-refractivity contribution in [3.63, 3.8) is 0 Å². The molecule has 0 heterocycles. The number of nitrogens with zero attached hydrogens (tertiary/aromatic N) is 1. The van der Waals surface area contributed by atoms with E-state index in [1.165, 1.54) is 193 Å². The van der Waals surface area contributed by atoms with Gasteiger partial charge in [-0.3, -0.25) is 9.36 Å². The van der Waals surface area contributed by atoms with E-state index < -0.39 is 20.0 Å². The van der Waals surface area contributed by atoms with E-state index in [2.05, 4.69) is 19.2 Å². The van der Waals surface area contributed by atoms with Crippen molar-refractivity contribution in [3.05, 3.63) is 0 Å². The van der Waals surface area contributed by atoms with Crippen molar-refractivity contribution in [1.29, 1.82) is 0 Å². The number of quaternary nitrogens is 1. The first-order valence-corrected chi connectivity index (χ1v) is 26.8. The number of phosphoric acid groups is 1. The summed E-state index contributed by atoms with van der Waals surface area (Å²) in [6.45, 7) is 4.58. The molecular weight excluding hydrogens is 744 g/mol. The van der Waals surface area contributed by atoms with Gasteiger partial charge in [-0.2, -0.15) is 0 Å². The number of carbonyl (C=O) groups excluding carboxylic acids is 1. The second-order valence-corrected chi connectivity index (χ2v) is 20.3. The minimum Gasteiger partial charge on any atom is -0.756 e. The van der Waals surface area contributed by atoms with Crippen molar-refractivity contribution in [2.24, 2.45) is 0 Å². The molecule has 0 aromatic heterocycles. The van der Waals surface area contributed by atoms with E-state index >= 15 is 0 Å². The minimum absolute atomic E-state index is 0.0140. The maximum Gasteiger partial charge on any atom is 0.268 e. The number of amides is 1. The summed E-state index contributed by atoms with van der Waals surface area (Å²) in [5.41, 5.74) is 0. The van der Waals surface area contributed by atoms with Gasteiger partial charge in [0.2, 0.25) is 5.91 Å². The number of phosphoric ester groups is 1. The van der Waals surface area contributed by atoms with Gasteiger partial charge in [0.25, 0.3) is 7.82 Å². The molecule has 0 saturated heterocycles. The van der Waals surface area contributed by atoms with E-state index in [4.69, 9.17) is 9.05 Å². The van der Waals surface area contributed by atoms with Crippen LogP contribution in [0.15, 0.2) is 0 Å². The van der Waals surface area contributed by atoms with Gasteiger partial charge in [-0.25, -0.2) is 0 Å². The zero-order valence-electron chi connectivity index (χ0n) is 39.5. The molecule has 1 amide bonds. The van der Waals surface area contributed by atoms with Crippen molar-refractivity contribution in [3.8, 4) is 0 Å². The van der Waals surface area contributed by atoms with E-state index in [1.54, 1.807) is 0 Å². The van der Waals surface area contributed by atoms with Crippen LogP contribution in [0.4, 0.5) is 0 Å². The maximum atomic E-state index is 12.7. The second kappa shape index (κ2) is 41.8. The molecule has 3 unspecified atom stereocenters. The average Bonchev–Trinajstić information content (AvgIpc) is 3.17. The molecule has 9 heteroatoms. The number of nitrogens with one attached hydrogen (secondary N) is 1. The summed E-state index contributed by atoms with van der Waals surface area (Å²) in [5.74, 6) is -0.171. The van der Waals surface area contributed by atoms with Crippen LogP contribution in [0.2, 0.25) is 0 Å². The SMILES string of the molecule is CCCCCCCCCCCCCCCCCCCCCCCCCCCCCCCCCCCC(=O)NC(COP(=O)([O-])OCC[N+](C)(C)C)C(O)CCCCC. The Balaban J connectivity index is 3.63. The highest BCUT2D eigenvalue weighted by atomic mass is 31.2.